The van der Waals surface area contributed by atoms with Gasteiger partial charge in [0, 0.05) is 13.1 Å². The van der Waals surface area contributed by atoms with Crippen LogP contribution in [0, 0.1) is 0 Å². The zero-order chi connectivity index (χ0) is 9.80. The van der Waals surface area contributed by atoms with Crippen molar-refractivity contribution in [2.75, 3.05) is 13.1 Å². The first-order chi connectivity index (χ1) is 6.86. The largest absolute Gasteiger partial charge is 0.418 e. The zero-order valence-corrected chi connectivity index (χ0v) is 7.68. The molecule has 0 aromatic carbocycles. The maximum Gasteiger partial charge on any atom is 0.415 e. The Morgan fingerprint density at radius 3 is 2.86 bits per heavy atom. The Labute approximate surface area is 80.8 Å². The highest BCUT2D eigenvalue weighted by Crippen LogP contribution is 2.10. The first-order valence-electron chi connectivity index (χ1n) is 4.59. The SMILES string of the molecule is O=C(ON1CCCCC1)c1nnco1. The Bertz CT molecular complexity index is 293. The molecule has 1 aliphatic rings. The third kappa shape index (κ3) is 2.08. The van der Waals surface area contributed by atoms with Crippen LogP contribution in [0.15, 0.2) is 10.8 Å². The molecule has 1 aromatic rings. The molecule has 76 valence electrons. The fourth-order valence-corrected chi connectivity index (χ4v) is 1.37. The standard InChI is InChI=1S/C8H11N3O3/c12-8(7-10-9-6-13-7)14-11-4-2-1-3-5-11/h6H,1-5H2. The van der Waals surface area contributed by atoms with Crippen LogP contribution in [0.3, 0.4) is 0 Å². The van der Waals surface area contributed by atoms with Crippen molar-refractivity contribution in [3.63, 3.8) is 0 Å². The number of rotatable bonds is 2. The molecule has 0 aliphatic carbocycles. The summed E-state index contributed by atoms with van der Waals surface area (Å²) in [5.41, 5.74) is 0. The van der Waals surface area contributed by atoms with Gasteiger partial charge in [-0.2, -0.15) is 0 Å². The molecule has 1 saturated heterocycles. The van der Waals surface area contributed by atoms with E-state index in [2.05, 4.69) is 10.2 Å². The molecular weight excluding hydrogens is 186 g/mol. The van der Waals surface area contributed by atoms with Crippen LogP contribution >= 0.6 is 0 Å². The van der Waals surface area contributed by atoms with Gasteiger partial charge in [0.2, 0.25) is 6.39 Å². The number of carbonyl (C=O) groups excluding carboxylic acids is 1. The minimum absolute atomic E-state index is 0.101. The molecule has 0 N–H and O–H groups in total. The molecule has 0 saturated carbocycles. The lowest BCUT2D eigenvalue weighted by Crippen LogP contribution is -2.32. The van der Waals surface area contributed by atoms with Gasteiger partial charge in [0.15, 0.2) is 0 Å². The van der Waals surface area contributed by atoms with Gasteiger partial charge in [-0.1, -0.05) is 6.42 Å². The summed E-state index contributed by atoms with van der Waals surface area (Å²) in [6, 6.07) is 0. The summed E-state index contributed by atoms with van der Waals surface area (Å²) in [6.07, 6.45) is 4.40. The van der Waals surface area contributed by atoms with Crippen LogP contribution in [-0.4, -0.2) is 34.3 Å². The predicted molar refractivity (Wildman–Crippen MR) is 45.1 cm³/mol. The molecule has 0 bridgehead atoms. The molecule has 6 heteroatoms. The lowest BCUT2D eigenvalue weighted by Gasteiger charge is -2.23. The van der Waals surface area contributed by atoms with E-state index in [9.17, 15) is 4.79 Å². The van der Waals surface area contributed by atoms with Crippen LogP contribution < -0.4 is 0 Å². The van der Waals surface area contributed by atoms with E-state index >= 15 is 0 Å². The first kappa shape index (κ1) is 9.14. The van der Waals surface area contributed by atoms with E-state index in [1.807, 2.05) is 0 Å². The van der Waals surface area contributed by atoms with Crippen molar-refractivity contribution >= 4 is 5.97 Å². The Balaban J connectivity index is 1.87. The number of nitrogens with zero attached hydrogens (tertiary/aromatic N) is 3. The summed E-state index contributed by atoms with van der Waals surface area (Å²) in [7, 11) is 0. The fourth-order valence-electron chi connectivity index (χ4n) is 1.37. The van der Waals surface area contributed by atoms with Gasteiger partial charge in [-0.15, -0.1) is 15.3 Å². The van der Waals surface area contributed by atoms with E-state index in [1.165, 1.54) is 6.42 Å². The third-order valence-electron chi connectivity index (χ3n) is 2.06. The van der Waals surface area contributed by atoms with E-state index in [-0.39, 0.29) is 5.89 Å². The summed E-state index contributed by atoms with van der Waals surface area (Å²) in [5.74, 6) is -0.681. The van der Waals surface area contributed by atoms with Crippen LogP contribution in [0.5, 0.6) is 0 Å². The molecule has 0 atom stereocenters. The molecule has 1 fully saturated rings. The minimum atomic E-state index is -0.579. The average Bonchev–Trinajstić information content (AvgIpc) is 2.72. The Morgan fingerprint density at radius 2 is 2.21 bits per heavy atom. The van der Waals surface area contributed by atoms with Gasteiger partial charge in [-0.25, -0.2) is 4.79 Å². The molecule has 6 nitrogen and oxygen atoms in total. The fraction of sp³-hybridized carbons (Fsp3) is 0.625. The van der Waals surface area contributed by atoms with Crippen LogP contribution in [0.25, 0.3) is 0 Å². The highest BCUT2D eigenvalue weighted by molar-refractivity contribution is 5.83. The van der Waals surface area contributed by atoms with Crippen molar-refractivity contribution in [1.82, 2.24) is 15.3 Å². The van der Waals surface area contributed by atoms with Crippen LogP contribution in [0.2, 0.25) is 0 Å². The number of hydrogen-bond donors (Lipinski definition) is 0. The molecule has 0 spiro atoms. The quantitative estimate of drug-likeness (QED) is 0.692. The topological polar surface area (TPSA) is 68.5 Å². The van der Waals surface area contributed by atoms with E-state index in [4.69, 9.17) is 9.25 Å². The second-order valence-electron chi connectivity index (χ2n) is 3.11. The number of hydroxylamine groups is 2. The van der Waals surface area contributed by atoms with Gasteiger partial charge in [-0.05, 0) is 12.8 Å². The molecule has 1 aromatic heterocycles. The zero-order valence-electron chi connectivity index (χ0n) is 7.68. The highest BCUT2D eigenvalue weighted by Gasteiger charge is 2.19. The van der Waals surface area contributed by atoms with Crippen molar-refractivity contribution in [3.05, 3.63) is 12.3 Å². The Morgan fingerprint density at radius 1 is 1.43 bits per heavy atom. The average molecular weight is 197 g/mol. The normalized spacial score (nSPS) is 18.0. The number of piperidine rings is 1. The number of hydrogen-bond acceptors (Lipinski definition) is 6. The lowest BCUT2D eigenvalue weighted by molar-refractivity contribution is -0.121. The number of carbonyl (C=O) groups is 1. The van der Waals surface area contributed by atoms with Crippen molar-refractivity contribution in [2.45, 2.75) is 19.3 Å². The summed E-state index contributed by atoms with van der Waals surface area (Å²) in [6.45, 7) is 1.56. The second kappa shape index (κ2) is 4.19. The van der Waals surface area contributed by atoms with Crippen LogP contribution in [0.4, 0.5) is 0 Å². The Hall–Kier alpha value is -1.43. The second-order valence-corrected chi connectivity index (χ2v) is 3.11. The van der Waals surface area contributed by atoms with Gasteiger partial charge in [0.1, 0.15) is 0 Å². The van der Waals surface area contributed by atoms with Gasteiger partial charge < -0.3 is 9.25 Å². The maximum absolute atomic E-state index is 11.3. The third-order valence-corrected chi connectivity index (χ3v) is 2.06. The molecule has 0 radical (unpaired) electrons. The monoisotopic (exact) mass is 197 g/mol. The molecule has 2 rings (SSSR count). The summed E-state index contributed by atoms with van der Waals surface area (Å²) >= 11 is 0. The molecule has 0 amide bonds. The summed E-state index contributed by atoms with van der Waals surface area (Å²) in [5, 5.41) is 8.50. The van der Waals surface area contributed by atoms with Crippen molar-refractivity contribution in [2.24, 2.45) is 0 Å². The summed E-state index contributed by atoms with van der Waals surface area (Å²) in [4.78, 5) is 16.3. The van der Waals surface area contributed by atoms with Crippen molar-refractivity contribution in [3.8, 4) is 0 Å². The van der Waals surface area contributed by atoms with Gasteiger partial charge in [-0.3, -0.25) is 0 Å². The van der Waals surface area contributed by atoms with Crippen LogP contribution in [0.1, 0.15) is 29.9 Å². The predicted octanol–water partition coefficient (Wildman–Crippen LogP) is 0.627. The molecular formula is C8H11N3O3. The van der Waals surface area contributed by atoms with Crippen molar-refractivity contribution in [1.29, 1.82) is 0 Å². The van der Waals surface area contributed by atoms with E-state index < -0.39 is 5.97 Å². The highest BCUT2D eigenvalue weighted by atomic mass is 16.7. The molecule has 1 aliphatic heterocycles. The van der Waals surface area contributed by atoms with Gasteiger partial charge in [0.25, 0.3) is 0 Å². The molecule has 14 heavy (non-hydrogen) atoms. The van der Waals surface area contributed by atoms with Crippen LogP contribution in [-0.2, 0) is 4.84 Å². The van der Waals surface area contributed by atoms with E-state index in [1.54, 1.807) is 5.06 Å². The van der Waals surface area contributed by atoms with Gasteiger partial charge in [0.05, 0.1) is 0 Å². The van der Waals surface area contributed by atoms with E-state index in [0.717, 1.165) is 32.3 Å². The summed E-state index contributed by atoms with van der Waals surface area (Å²) < 4.78 is 4.71. The van der Waals surface area contributed by atoms with Gasteiger partial charge >= 0.3 is 11.9 Å². The lowest BCUT2D eigenvalue weighted by atomic mass is 10.2. The van der Waals surface area contributed by atoms with Crippen molar-refractivity contribution < 1.29 is 14.0 Å². The maximum atomic E-state index is 11.3. The van der Waals surface area contributed by atoms with E-state index in [0.29, 0.717) is 0 Å². The molecule has 2 heterocycles. The first-order valence-corrected chi connectivity index (χ1v) is 4.59. The molecule has 0 unspecified atom stereocenters. The number of aromatic nitrogens is 2. The minimum Gasteiger partial charge on any atom is -0.418 e. The smallest absolute Gasteiger partial charge is 0.415 e. The Kier molecular flexibility index (Phi) is 2.73.